The van der Waals surface area contributed by atoms with E-state index in [4.69, 9.17) is 4.74 Å². The lowest BCUT2D eigenvalue weighted by molar-refractivity contribution is -0.132. The van der Waals surface area contributed by atoms with Crippen molar-refractivity contribution in [3.63, 3.8) is 0 Å². The Kier molecular flexibility index (Phi) is 4.00. The Morgan fingerprint density at radius 2 is 2.33 bits per heavy atom. The molecule has 1 saturated heterocycles. The number of hydrogen-bond donors (Lipinski definition) is 1. The summed E-state index contributed by atoms with van der Waals surface area (Å²) in [5.74, 6) is -0.166. The third-order valence-electron chi connectivity index (χ3n) is 3.37. The SMILES string of the molecule is Cc1ccsc1CNC(=O)C1(C#N)CCOCC1. The molecule has 1 aromatic heterocycles. The van der Waals surface area contributed by atoms with Gasteiger partial charge in [0.05, 0.1) is 12.6 Å². The molecule has 0 aliphatic carbocycles. The Labute approximate surface area is 111 Å². The minimum atomic E-state index is -0.899. The molecule has 0 saturated carbocycles. The molecule has 0 spiro atoms. The fourth-order valence-electron chi connectivity index (χ4n) is 2.02. The molecule has 1 aromatic rings. The lowest BCUT2D eigenvalue weighted by Crippen LogP contribution is -2.43. The summed E-state index contributed by atoms with van der Waals surface area (Å²) >= 11 is 1.62. The maximum atomic E-state index is 12.2. The lowest BCUT2D eigenvalue weighted by Gasteiger charge is -2.29. The van der Waals surface area contributed by atoms with E-state index in [9.17, 15) is 10.1 Å². The maximum Gasteiger partial charge on any atom is 0.240 e. The van der Waals surface area contributed by atoms with E-state index < -0.39 is 5.41 Å². The van der Waals surface area contributed by atoms with E-state index in [2.05, 4.69) is 11.4 Å². The highest BCUT2D eigenvalue weighted by Gasteiger charge is 2.40. The Balaban J connectivity index is 1.99. The van der Waals surface area contributed by atoms with Crippen LogP contribution < -0.4 is 5.32 Å². The van der Waals surface area contributed by atoms with E-state index in [0.717, 1.165) is 4.88 Å². The van der Waals surface area contributed by atoms with Crippen molar-refractivity contribution < 1.29 is 9.53 Å². The van der Waals surface area contributed by atoms with Crippen LogP contribution in [0, 0.1) is 23.7 Å². The van der Waals surface area contributed by atoms with Crippen LogP contribution in [0.15, 0.2) is 11.4 Å². The summed E-state index contributed by atoms with van der Waals surface area (Å²) in [6, 6.07) is 4.20. The Morgan fingerprint density at radius 3 is 2.89 bits per heavy atom. The maximum absolute atomic E-state index is 12.2. The molecule has 5 heteroatoms. The predicted molar refractivity (Wildman–Crippen MR) is 69.0 cm³/mol. The second kappa shape index (κ2) is 5.51. The standard InChI is InChI=1S/C13H16N2O2S/c1-10-2-7-18-11(10)8-15-12(16)13(9-14)3-5-17-6-4-13/h2,7H,3-6,8H2,1H3,(H,15,16). The second-order valence-corrected chi connectivity index (χ2v) is 5.52. The van der Waals surface area contributed by atoms with Gasteiger partial charge in [-0.3, -0.25) is 4.79 Å². The first-order valence-corrected chi connectivity index (χ1v) is 6.86. The zero-order chi connectivity index (χ0) is 13.0. The molecule has 0 bridgehead atoms. The molecule has 1 aliphatic heterocycles. The van der Waals surface area contributed by atoms with E-state index in [-0.39, 0.29) is 5.91 Å². The van der Waals surface area contributed by atoms with E-state index in [1.807, 2.05) is 18.4 Å². The number of hydrogen-bond acceptors (Lipinski definition) is 4. The molecule has 1 fully saturated rings. The summed E-state index contributed by atoms with van der Waals surface area (Å²) in [5.41, 5.74) is 0.280. The molecule has 0 unspecified atom stereocenters. The predicted octanol–water partition coefficient (Wildman–Crippen LogP) is 1.99. The summed E-state index contributed by atoms with van der Waals surface area (Å²) in [4.78, 5) is 13.3. The average Bonchev–Trinajstić information content (AvgIpc) is 2.82. The molecule has 1 amide bonds. The van der Waals surface area contributed by atoms with Crippen LogP contribution in [-0.2, 0) is 16.1 Å². The van der Waals surface area contributed by atoms with Gasteiger partial charge in [-0.15, -0.1) is 11.3 Å². The van der Waals surface area contributed by atoms with Gasteiger partial charge in [0.1, 0.15) is 5.41 Å². The smallest absolute Gasteiger partial charge is 0.240 e. The molecule has 0 aromatic carbocycles. The molecular formula is C13H16N2O2S. The van der Waals surface area contributed by atoms with Crippen molar-refractivity contribution >= 4 is 17.2 Å². The minimum absolute atomic E-state index is 0.166. The summed E-state index contributed by atoms with van der Waals surface area (Å²) in [6.07, 6.45) is 0.970. The number of nitrogens with zero attached hydrogens (tertiary/aromatic N) is 1. The number of thiophene rings is 1. The molecule has 2 rings (SSSR count). The van der Waals surface area contributed by atoms with Crippen LogP contribution in [0.3, 0.4) is 0 Å². The monoisotopic (exact) mass is 264 g/mol. The zero-order valence-electron chi connectivity index (χ0n) is 10.4. The van der Waals surface area contributed by atoms with Gasteiger partial charge < -0.3 is 10.1 Å². The normalized spacial score (nSPS) is 18.0. The van der Waals surface area contributed by atoms with Gasteiger partial charge in [0, 0.05) is 18.1 Å². The number of aryl methyl sites for hydroxylation is 1. The van der Waals surface area contributed by atoms with Gasteiger partial charge in [-0.25, -0.2) is 0 Å². The van der Waals surface area contributed by atoms with Crippen molar-refractivity contribution in [1.82, 2.24) is 5.32 Å². The number of nitriles is 1. The van der Waals surface area contributed by atoms with Gasteiger partial charge in [0.2, 0.25) is 5.91 Å². The number of carbonyl (C=O) groups is 1. The molecule has 1 aliphatic rings. The molecule has 96 valence electrons. The van der Waals surface area contributed by atoms with E-state index in [1.165, 1.54) is 5.56 Å². The highest BCUT2D eigenvalue weighted by molar-refractivity contribution is 7.10. The summed E-state index contributed by atoms with van der Waals surface area (Å²) in [5, 5.41) is 14.1. The van der Waals surface area contributed by atoms with Crippen molar-refractivity contribution in [3.05, 3.63) is 21.9 Å². The van der Waals surface area contributed by atoms with Gasteiger partial charge in [0.25, 0.3) is 0 Å². The summed E-state index contributed by atoms with van der Waals surface area (Å²) < 4.78 is 5.22. The first-order chi connectivity index (χ1) is 8.68. The summed E-state index contributed by atoms with van der Waals surface area (Å²) in [6.45, 7) is 3.50. The fourth-order valence-corrected chi connectivity index (χ4v) is 2.87. The van der Waals surface area contributed by atoms with E-state index in [0.29, 0.717) is 32.6 Å². The number of nitrogens with one attached hydrogen (secondary N) is 1. The lowest BCUT2D eigenvalue weighted by atomic mass is 9.81. The van der Waals surface area contributed by atoms with Gasteiger partial charge in [0.15, 0.2) is 0 Å². The number of ether oxygens (including phenoxy) is 1. The quantitative estimate of drug-likeness (QED) is 0.908. The molecule has 4 nitrogen and oxygen atoms in total. The average molecular weight is 264 g/mol. The van der Waals surface area contributed by atoms with Crippen LogP contribution in [-0.4, -0.2) is 19.1 Å². The number of rotatable bonds is 3. The third-order valence-corrected chi connectivity index (χ3v) is 4.40. The topological polar surface area (TPSA) is 62.1 Å². The van der Waals surface area contributed by atoms with Crippen molar-refractivity contribution in [2.24, 2.45) is 5.41 Å². The first-order valence-electron chi connectivity index (χ1n) is 5.98. The van der Waals surface area contributed by atoms with Crippen LogP contribution in [0.2, 0.25) is 0 Å². The van der Waals surface area contributed by atoms with Crippen LogP contribution in [0.25, 0.3) is 0 Å². The van der Waals surface area contributed by atoms with Crippen molar-refractivity contribution in [2.45, 2.75) is 26.3 Å². The van der Waals surface area contributed by atoms with Gasteiger partial charge in [-0.2, -0.15) is 5.26 Å². The molecule has 18 heavy (non-hydrogen) atoms. The first kappa shape index (κ1) is 13.1. The Bertz CT molecular complexity index is 470. The minimum Gasteiger partial charge on any atom is -0.381 e. The van der Waals surface area contributed by atoms with Crippen molar-refractivity contribution in [3.8, 4) is 6.07 Å². The Hall–Kier alpha value is -1.38. The molecule has 0 radical (unpaired) electrons. The zero-order valence-corrected chi connectivity index (χ0v) is 11.2. The molecule has 0 atom stereocenters. The van der Waals surface area contributed by atoms with Gasteiger partial charge >= 0.3 is 0 Å². The largest absolute Gasteiger partial charge is 0.381 e. The molecule has 2 heterocycles. The van der Waals surface area contributed by atoms with E-state index >= 15 is 0 Å². The van der Waals surface area contributed by atoms with E-state index in [1.54, 1.807) is 11.3 Å². The number of carbonyl (C=O) groups excluding carboxylic acids is 1. The van der Waals surface area contributed by atoms with Gasteiger partial charge in [-0.1, -0.05) is 0 Å². The fraction of sp³-hybridized carbons (Fsp3) is 0.538. The van der Waals surface area contributed by atoms with Crippen LogP contribution in [0.4, 0.5) is 0 Å². The number of amides is 1. The van der Waals surface area contributed by atoms with Gasteiger partial charge in [-0.05, 0) is 36.8 Å². The van der Waals surface area contributed by atoms with Crippen LogP contribution in [0.5, 0.6) is 0 Å². The van der Waals surface area contributed by atoms with Crippen molar-refractivity contribution in [1.29, 1.82) is 5.26 Å². The van der Waals surface area contributed by atoms with Crippen LogP contribution in [0.1, 0.15) is 23.3 Å². The molecule has 1 N–H and O–H groups in total. The Morgan fingerprint density at radius 1 is 1.61 bits per heavy atom. The van der Waals surface area contributed by atoms with Crippen LogP contribution >= 0.6 is 11.3 Å². The van der Waals surface area contributed by atoms with Crippen molar-refractivity contribution in [2.75, 3.05) is 13.2 Å². The second-order valence-electron chi connectivity index (χ2n) is 4.52. The summed E-state index contributed by atoms with van der Waals surface area (Å²) in [7, 11) is 0. The highest BCUT2D eigenvalue weighted by atomic mass is 32.1. The third kappa shape index (κ3) is 2.55. The highest BCUT2D eigenvalue weighted by Crippen LogP contribution is 2.30. The molecular weight excluding hydrogens is 248 g/mol.